The number of thiazole rings is 2. The molecule has 0 saturated carbocycles. The van der Waals surface area contributed by atoms with Gasteiger partial charge in [0.05, 0.1) is 26.3 Å². The molecule has 52 heavy (non-hydrogen) atoms. The maximum absolute atomic E-state index is 11.6. The fraction of sp³-hybridized carbons (Fsp3) is 0.200. The van der Waals surface area contributed by atoms with Crippen LogP contribution in [0.3, 0.4) is 0 Å². The molecule has 6 rings (SSSR count). The number of amides is 2. The average molecular weight is 733 g/mol. The molecule has 0 bridgehead atoms. The van der Waals surface area contributed by atoms with E-state index < -0.39 is 0 Å². The molecule has 6 aromatic rings. The number of nitrogens with zero attached hydrogens (tertiary/aromatic N) is 3. The van der Waals surface area contributed by atoms with E-state index in [2.05, 4.69) is 34.0 Å². The summed E-state index contributed by atoms with van der Waals surface area (Å²) in [5.41, 5.74) is 18.1. The van der Waals surface area contributed by atoms with Crippen molar-refractivity contribution in [2.75, 3.05) is 19.8 Å². The fourth-order valence-corrected chi connectivity index (χ4v) is 7.24. The van der Waals surface area contributed by atoms with E-state index in [-0.39, 0.29) is 22.4 Å². The van der Waals surface area contributed by atoms with Gasteiger partial charge in [0, 0.05) is 77.3 Å². The number of carbonyl (C=O) groups excluding carboxylic acids is 2. The van der Waals surface area contributed by atoms with Crippen LogP contribution in [0, 0.1) is 37.8 Å². The third-order valence-electron chi connectivity index (χ3n) is 8.70. The van der Waals surface area contributed by atoms with Gasteiger partial charge in [0.2, 0.25) is 0 Å². The Morgan fingerprint density at radius 1 is 0.673 bits per heavy atom. The molecule has 0 radical (unpaired) electrons. The molecule has 10 nitrogen and oxygen atoms in total. The first-order valence-corrected chi connectivity index (χ1v) is 18.3. The molecular weight excluding hydrogens is 693 g/mol. The summed E-state index contributed by atoms with van der Waals surface area (Å²) in [6.07, 6.45) is 1.43. The smallest absolute Gasteiger partial charge is 0.272 e. The van der Waals surface area contributed by atoms with Crippen LogP contribution in [0.15, 0.2) is 83.6 Å². The first-order chi connectivity index (χ1) is 24.9. The molecule has 12 heteroatoms. The van der Waals surface area contributed by atoms with Gasteiger partial charge in [0.15, 0.2) is 0 Å². The fourth-order valence-electron chi connectivity index (χ4n) is 5.59. The summed E-state index contributed by atoms with van der Waals surface area (Å²) < 4.78 is 0. The summed E-state index contributed by atoms with van der Waals surface area (Å²) in [5.74, 6) is -0.204. The topological polar surface area (TPSA) is 153 Å². The molecule has 0 atom stereocenters. The van der Waals surface area contributed by atoms with Gasteiger partial charge in [-0.15, -0.1) is 22.7 Å². The standard InChI is InChI=1S/C20H19N3O3S.C20H21N3OS/c1-12-9-18(23(25)26)13(2)8-16(12)10-19-22-17(11-27-19)14-4-6-15(7-5-14)20(24)21-3;1-12-9-17(21)13(2)8-16(12)10-19-23-18(11-25-19)14-4-6-15(7-5-14)20(24)22-3/h4-9,11H,10H2,1-3H3,(H,21,24);4-9,11H,10,21H2,1-3H3,(H,22,24). The third kappa shape index (κ3) is 8.95. The van der Waals surface area contributed by atoms with Crippen LogP contribution in [0.25, 0.3) is 22.5 Å². The van der Waals surface area contributed by atoms with Gasteiger partial charge in [-0.2, -0.15) is 0 Å². The van der Waals surface area contributed by atoms with Gasteiger partial charge in [0.1, 0.15) is 0 Å². The normalized spacial score (nSPS) is 10.7. The Morgan fingerprint density at radius 3 is 1.52 bits per heavy atom. The molecule has 0 spiro atoms. The minimum Gasteiger partial charge on any atom is -0.399 e. The zero-order chi connectivity index (χ0) is 37.5. The van der Waals surface area contributed by atoms with Crippen LogP contribution in [0.1, 0.15) is 64.1 Å². The number of hydrogen-bond acceptors (Lipinski definition) is 9. The van der Waals surface area contributed by atoms with E-state index in [9.17, 15) is 19.7 Å². The Kier molecular flexibility index (Phi) is 11.9. The molecule has 0 aliphatic rings. The number of hydrogen-bond donors (Lipinski definition) is 3. The molecule has 2 amide bonds. The first kappa shape index (κ1) is 37.5. The van der Waals surface area contributed by atoms with Gasteiger partial charge < -0.3 is 16.4 Å². The zero-order valence-corrected chi connectivity index (χ0v) is 31.5. The van der Waals surface area contributed by atoms with E-state index in [0.29, 0.717) is 23.1 Å². The Labute approximate surface area is 311 Å². The van der Waals surface area contributed by atoms with Gasteiger partial charge in [-0.1, -0.05) is 30.3 Å². The van der Waals surface area contributed by atoms with Crippen LogP contribution in [0.2, 0.25) is 0 Å². The highest BCUT2D eigenvalue weighted by Gasteiger charge is 2.15. The maximum Gasteiger partial charge on any atom is 0.272 e. The molecule has 266 valence electrons. The van der Waals surface area contributed by atoms with Crippen LogP contribution in [-0.2, 0) is 12.8 Å². The van der Waals surface area contributed by atoms with E-state index in [1.54, 1.807) is 61.9 Å². The monoisotopic (exact) mass is 732 g/mol. The lowest BCUT2D eigenvalue weighted by molar-refractivity contribution is -0.385. The van der Waals surface area contributed by atoms with Crippen LogP contribution in [0.4, 0.5) is 11.4 Å². The van der Waals surface area contributed by atoms with E-state index in [4.69, 9.17) is 10.7 Å². The molecule has 0 aliphatic heterocycles. The first-order valence-electron chi connectivity index (χ1n) is 16.5. The number of nitro benzene ring substituents is 1. The number of nitrogens with two attached hydrogens (primary N) is 1. The summed E-state index contributed by atoms with van der Waals surface area (Å²) in [5, 5.41) is 22.3. The SMILES string of the molecule is CNC(=O)c1ccc(-c2csc(Cc3cc(C)c(N)cc3C)n2)cc1.CNC(=O)c1ccc(-c2csc(Cc3cc(C)c([N+](=O)[O-])cc3C)n2)cc1. The van der Waals surface area contributed by atoms with Gasteiger partial charge >= 0.3 is 0 Å². The second-order valence-electron chi connectivity index (χ2n) is 12.4. The number of anilines is 1. The zero-order valence-electron chi connectivity index (χ0n) is 29.9. The third-order valence-corrected chi connectivity index (χ3v) is 10.4. The Balaban J connectivity index is 0.000000202. The molecule has 0 saturated heterocycles. The summed E-state index contributed by atoms with van der Waals surface area (Å²) >= 11 is 3.21. The van der Waals surface area contributed by atoms with Crippen molar-refractivity contribution < 1.29 is 14.5 Å². The summed E-state index contributed by atoms with van der Waals surface area (Å²) in [7, 11) is 3.23. The van der Waals surface area contributed by atoms with Crippen LogP contribution < -0.4 is 16.4 Å². The van der Waals surface area contributed by atoms with Crippen molar-refractivity contribution in [2.24, 2.45) is 0 Å². The van der Waals surface area contributed by atoms with Crippen molar-refractivity contribution in [1.82, 2.24) is 20.6 Å². The number of aryl methyl sites for hydroxylation is 4. The van der Waals surface area contributed by atoms with Gasteiger partial charge in [-0.05, 0) is 91.9 Å². The highest BCUT2D eigenvalue weighted by molar-refractivity contribution is 7.10. The Morgan fingerprint density at radius 2 is 1.10 bits per heavy atom. The molecule has 0 unspecified atom stereocenters. The van der Waals surface area contributed by atoms with Crippen LogP contribution in [0.5, 0.6) is 0 Å². The molecular formula is C40H40N6O4S2. The summed E-state index contributed by atoms with van der Waals surface area (Å²) in [6, 6.07) is 22.5. The van der Waals surface area contributed by atoms with Gasteiger partial charge in [0.25, 0.3) is 17.5 Å². The number of nitro groups is 1. The highest BCUT2D eigenvalue weighted by Crippen LogP contribution is 2.29. The molecule has 2 heterocycles. The predicted molar refractivity (Wildman–Crippen MR) is 210 cm³/mol. The van der Waals surface area contributed by atoms with Gasteiger partial charge in [-0.25, -0.2) is 9.97 Å². The number of nitrogen functional groups attached to an aromatic ring is 1. The minimum atomic E-state index is -0.351. The molecule has 4 N–H and O–H groups in total. The second-order valence-corrected chi connectivity index (χ2v) is 14.3. The van der Waals surface area contributed by atoms with Crippen molar-refractivity contribution in [3.05, 3.63) is 148 Å². The number of aromatic nitrogens is 2. The van der Waals surface area contributed by atoms with E-state index in [0.717, 1.165) is 61.3 Å². The lowest BCUT2D eigenvalue weighted by Crippen LogP contribution is -2.17. The van der Waals surface area contributed by atoms with Crippen molar-refractivity contribution in [3.8, 4) is 22.5 Å². The quantitative estimate of drug-likeness (QED) is 0.0769. The van der Waals surface area contributed by atoms with E-state index in [1.807, 2.05) is 67.8 Å². The van der Waals surface area contributed by atoms with Crippen molar-refractivity contribution in [3.63, 3.8) is 0 Å². The molecule has 2 aromatic heterocycles. The lowest BCUT2D eigenvalue weighted by atomic mass is 10.0. The van der Waals surface area contributed by atoms with Crippen molar-refractivity contribution >= 4 is 45.9 Å². The maximum atomic E-state index is 11.6. The molecule has 4 aromatic carbocycles. The molecule has 0 aliphatic carbocycles. The summed E-state index contributed by atoms with van der Waals surface area (Å²) in [6.45, 7) is 7.74. The second kappa shape index (κ2) is 16.5. The minimum absolute atomic E-state index is 0.0836. The number of nitrogens with one attached hydrogen (secondary N) is 2. The van der Waals surface area contributed by atoms with Crippen LogP contribution >= 0.6 is 22.7 Å². The van der Waals surface area contributed by atoms with Crippen molar-refractivity contribution in [1.29, 1.82) is 0 Å². The van der Waals surface area contributed by atoms with Gasteiger partial charge in [-0.3, -0.25) is 19.7 Å². The Bertz CT molecular complexity index is 2240. The highest BCUT2D eigenvalue weighted by atomic mass is 32.1. The number of benzene rings is 4. The van der Waals surface area contributed by atoms with E-state index in [1.165, 1.54) is 11.1 Å². The summed E-state index contributed by atoms with van der Waals surface area (Å²) in [4.78, 5) is 43.4. The van der Waals surface area contributed by atoms with E-state index >= 15 is 0 Å². The number of carbonyl (C=O) groups is 2. The average Bonchev–Trinajstić information content (AvgIpc) is 3.82. The van der Waals surface area contributed by atoms with Crippen LogP contribution in [-0.4, -0.2) is 40.8 Å². The molecule has 0 fully saturated rings. The largest absolute Gasteiger partial charge is 0.399 e. The lowest BCUT2D eigenvalue weighted by Gasteiger charge is -2.08. The van der Waals surface area contributed by atoms with Crippen molar-refractivity contribution in [2.45, 2.75) is 40.5 Å². The number of rotatable bonds is 9. The Hall–Kier alpha value is -5.72. The predicted octanol–water partition coefficient (Wildman–Crippen LogP) is 8.25.